The van der Waals surface area contributed by atoms with Crippen molar-refractivity contribution in [1.82, 2.24) is 4.98 Å². The van der Waals surface area contributed by atoms with E-state index < -0.39 is 11.7 Å². The Balaban J connectivity index is 2.30. The van der Waals surface area contributed by atoms with Crippen molar-refractivity contribution in [3.05, 3.63) is 45.5 Å². The number of anilines is 1. The van der Waals surface area contributed by atoms with Crippen molar-refractivity contribution < 1.29 is 17.9 Å². The van der Waals surface area contributed by atoms with Crippen LogP contribution in [0, 0.1) is 0 Å². The lowest BCUT2D eigenvalue weighted by atomic mass is 10.3. The van der Waals surface area contributed by atoms with Crippen LogP contribution >= 0.6 is 27.5 Å². The zero-order chi connectivity index (χ0) is 14.9. The van der Waals surface area contributed by atoms with Gasteiger partial charge in [0.1, 0.15) is 10.8 Å². The molecule has 1 heterocycles. The molecule has 0 unspecified atom stereocenters. The second kappa shape index (κ2) is 5.49. The monoisotopic (exact) mass is 366 g/mol. The summed E-state index contributed by atoms with van der Waals surface area (Å²) in [6.45, 7) is 0. The number of halogens is 5. The Morgan fingerprint density at radius 2 is 1.90 bits per heavy atom. The van der Waals surface area contributed by atoms with Gasteiger partial charge in [-0.3, -0.25) is 0 Å². The number of pyridine rings is 1. The second-order valence-electron chi connectivity index (χ2n) is 3.83. The number of nitrogens with zero attached hydrogens (tertiary/aromatic N) is 1. The van der Waals surface area contributed by atoms with Crippen molar-refractivity contribution in [3.63, 3.8) is 0 Å². The first-order valence-corrected chi connectivity index (χ1v) is 6.39. The Hall–Kier alpha value is -1.47. The molecule has 2 rings (SSSR count). The van der Waals surface area contributed by atoms with Crippen LogP contribution in [0.5, 0.6) is 11.6 Å². The average molecular weight is 368 g/mol. The summed E-state index contributed by atoms with van der Waals surface area (Å²) >= 11 is 8.95. The Kier molecular flexibility index (Phi) is 4.10. The summed E-state index contributed by atoms with van der Waals surface area (Å²) in [7, 11) is 0. The van der Waals surface area contributed by atoms with E-state index in [1.165, 1.54) is 6.07 Å². The fraction of sp³-hybridized carbons (Fsp3) is 0.0833. The van der Waals surface area contributed by atoms with Gasteiger partial charge in [-0.05, 0) is 18.2 Å². The lowest BCUT2D eigenvalue weighted by Gasteiger charge is -2.10. The highest BCUT2D eigenvalue weighted by molar-refractivity contribution is 9.10. The molecule has 2 N–H and O–H groups in total. The Bertz CT molecular complexity index is 629. The molecule has 0 aliphatic rings. The van der Waals surface area contributed by atoms with Crippen LogP contribution in [0.4, 0.5) is 18.9 Å². The normalized spacial score (nSPS) is 11.4. The minimum atomic E-state index is -4.50. The second-order valence-corrected chi connectivity index (χ2v) is 5.15. The molecule has 0 spiro atoms. The fourth-order valence-corrected chi connectivity index (χ4v) is 2.11. The molecule has 0 radical (unpaired) electrons. The van der Waals surface area contributed by atoms with Crippen molar-refractivity contribution >= 4 is 33.2 Å². The number of hydrogen-bond acceptors (Lipinski definition) is 3. The van der Waals surface area contributed by atoms with E-state index in [9.17, 15) is 13.2 Å². The van der Waals surface area contributed by atoms with Gasteiger partial charge in [0.25, 0.3) is 0 Å². The predicted octanol–water partition coefficient (Wildman–Crippen LogP) is 4.89. The first-order valence-electron chi connectivity index (χ1n) is 5.22. The molecule has 0 atom stereocenters. The molecule has 2 aromatic rings. The third-order valence-electron chi connectivity index (χ3n) is 2.24. The van der Waals surface area contributed by atoms with E-state index in [0.717, 1.165) is 6.07 Å². The van der Waals surface area contributed by atoms with Crippen LogP contribution in [-0.4, -0.2) is 4.98 Å². The summed E-state index contributed by atoms with van der Waals surface area (Å²) < 4.78 is 43.4. The van der Waals surface area contributed by atoms with Crippen molar-refractivity contribution in [2.75, 3.05) is 5.73 Å². The van der Waals surface area contributed by atoms with Crippen LogP contribution in [0.2, 0.25) is 5.02 Å². The molecule has 3 nitrogen and oxygen atoms in total. The van der Waals surface area contributed by atoms with Gasteiger partial charge in [-0.1, -0.05) is 27.5 Å². The van der Waals surface area contributed by atoms with Crippen molar-refractivity contribution in [3.8, 4) is 11.6 Å². The summed E-state index contributed by atoms with van der Waals surface area (Å²) in [4.78, 5) is 3.57. The quantitative estimate of drug-likeness (QED) is 0.769. The molecule has 1 aromatic carbocycles. The maximum Gasteiger partial charge on any atom is 0.417 e. The third-order valence-corrected chi connectivity index (χ3v) is 2.97. The molecule has 20 heavy (non-hydrogen) atoms. The number of nitrogens with two attached hydrogens (primary N) is 1. The van der Waals surface area contributed by atoms with Gasteiger partial charge in [-0.2, -0.15) is 13.2 Å². The molecule has 1 aromatic heterocycles. The van der Waals surface area contributed by atoms with E-state index in [-0.39, 0.29) is 10.9 Å². The summed E-state index contributed by atoms with van der Waals surface area (Å²) in [5, 5.41) is -0.238. The van der Waals surface area contributed by atoms with Crippen LogP contribution in [-0.2, 0) is 6.18 Å². The predicted molar refractivity (Wildman–Crippen MR) is 72.9 cm³/mol. The van der Waals surface area contributed by atoms with Gasteiger partial charge in [-0.25, -0.2) is 4.98 Å². The van der Waals surface area contributed by atoms with Gasteiger partial charge >= 0.3 is 6.18 Å². The van der Waals surface area contributed by atoms with E-state index >= 15 is 0 Å². The molecule has 0 aliphatic heterocycles. The highest BCUT2D eigenvalue weighted by Crippen LogP contribution is 2.35. The molecule has 0 fully saturated rings. The third kappa shape index (κ3) is 3.55. The minimum Gasteiger partial charge on any atom is -0.437 e. The number of ether oxygens (including phenoxy) is 1. The average Bonchev–Trinajstić information content (AvgIpc) is 2.29. The SMILES string of the molecule is Nc1cc(Br)cc(Oc2ncc(C(F)(F)F)cc2Cl)c1. The Morgan fingerprint density at radius 3 is 2.45 bits per heavy atom. The summed E-state index contributed by atoms with van der Waals surface area (Å²) in [5.41, 5.74) is 5.11. The van der Waals surface area contributed by atoms with E-state index in [0.29, 0.717) is 22.1 Å². The zero-order valence-corrected chi connectivity index (χ0v) is 12.1. The highest BCUT2D eigenvalue weighted by atomic mass is 79.9. The molecule has 0 bridgehead atoms. The van der Waals surface area contributed by atoms with E-state index in [2.05, 4.69) is 20.9 Å². The molecule has 8 heteroatoms. The number of rotatable bonds is 2. The van der Waals surface area contributed by atoms with Crippen molar-refractivity contribution in [2.24, 2.45) is 0 Å². The Labute approximate surface area is 125 Å². The summed E-state index contributed by atoms with van der Waals surface area (Å²) in [6.07, 6.45) is -3.85. The van der Waals surface area contributed by atoms with Crippen LogP contribution in [0.25, 0.3) is 0 Å². The lowest BCUT2D eigenvalue weighted by molar-refractivity contribution is -0.137. The molecular formula is C12H7BrClF3N2O. The first-order chi connectivity index (χ1) is 9.25. The largest absolute Gasteiger partial charge is 0.437 e. The van der Waals surface area contributed by atoms with E-state index in [4.69, 9.17) is 22.1 Å². The smallest absolute Gasteiger partial charge is 0.417 e. The van der Waals surface area contributed by atoms with Gasteiger partial charge in [0.05, 0.1) is 5.56 Å². The van der Waals surface area contributed by atoms with Gasteiger partial charge in [-0.15, -0.1) is 0 Å². The zero-order valence-electron chi connectivity index (χ0n) is 9.71. The molecule has 0 amide bonds. The molecule has 0 saturated carbocycles. The molecule has 0 aliphatic carbocycles. The topological polar surface area (TPSA) is 48.1 Å². The Morgan fingerprint density at radius 1 is 1.20 bits per heavy atom. The van der Waals surface area contributed by atoms with Gasteiger partial charge in [0.15, 0.2) is 0 Å². The van der Waals surface area contributed by atoms with Gasteiger partial charge in [0, 0.05) is 22.4 Å². The van der Waals surface area contributed by atoms with Crippen LogP contribution in [0.1, 0.15) is 5.56 Å². The maximum atomic E-state index is 12.5. The van der Waals surface area contributed by atoms with E-state index in [1.807, 2.05) is 0 Å². The first kappa shape index (κ1) is 14.9. The number of aromatic nitrogens is 1. The van der Waals surface area contributed by atoms with Gasteiger partial charge < -0.3 is 10.5 Å². The molecule has 0 saturated heterocycles. The minimum absolute atomic E-state index is 0.128. The van der Waals surface area contributed by atoms with Crippen molar-refractivity contribution in [2.45, 2.75) is 6.18 Å². The summed E-state index contributed by atoms with van der Waals surface area (Å²) in [6, 6.07) is 5.49. The lowest BCUT2D eigenvalue weighted by Crippen LogP contribution is -2.05. The van der Waals surface area contributed by atoms with Crippen LogP contribution < -0.4 is 10.5 Å². The van der Waals surface area contributed by atoms with Crippen LogP contribution in [0.3, 0.4) is 0 Å². The molecular weight excluding hydrogens is 360 g/mol. The molecule has 106 valence electrons. The van der Waals surface area contributed by atoms with Crippen LogP contribution in [0.15, 0.2) is 34.9 Å². The van der Waals surface area contributed by atoms with E-state index in [1.54, 1.807) is 12.1 Å². The highest BCUT2D eigenvalue weighted by Gasteiger charge is 2.31. The number of nitrogen functional groups attached to an aromatic ring is 1. The maximum absolute atomic E-state index is 12.5. The van der Waals surface area contributed by atoms with Gasteiger partial charge in [0.2, 0.25) is 5.88 Å². The number of hydrogen-bond donors (Lipinski definition) is 1. The fourth-order valence-electron chi connectivity index (χ4n) is 1.41. The standard InChI is InChI=1S/C12H7BrClF3N2O/c13-7-2-8(18)4-9(3-7)20-11-10(14)1-6(5-19-11)12(15,16)17/h1-5H,18H2. The number of alkyl halides is 3. The summed E-state index contributed by atoms with van der Waals surface area (Å²) in [5.74, 6) is 0.184. The number of benzene rings is 1. The van der Waals surface area contributed by atoms with Crippen molar-refractivity contribution in [1.29, 1.82) is 0 Å².